The summed E-state index contributed by atoms with van der Waals surface area (Å²) < 4.78 is 0. The van der Waals surface area contributed by atoms with E-state index in [-0.39, 0.29) is 5.91 Å². The predicted octanol–water partition coefficient (Wildman–Crippen LogP) is 3.33. The van der Waals surface area contributed by atoms with Crippen LogP contribution in [0.25, 0.3) is 0 Å². The van der Waals surface area contributed by atoms with Gasteiger partial charge in [-0.3, -0.25) is 4.79 Å². The Kier molecular flexibility index (Phi) is 7.57. The third-order valence-electron chi connectivity index (χ3n) is 4.63. The SMILES string of the molecule is CC(C)C[C@H](CN)CC(=O)NC1CCCCC1C(C)C. The second-order valence-corrected chi connectivity index (χ2v) is 7.30. The Morgan fingerprint density at radius 3 is 2.40 bits per heavy atom. The number of amides is 1. The Hall–Kier alpha value is -0.570. The molecule has 3 nitrogen and oxygen atoms in total. The molecular weight excluding hydrogens is 248 g/mol. The minimum absolute atomic E-state index is 0.207. The molecule has 3 atom stereocenters. The van der Waals surface area contributed by atoms with Crippen LogP contribution < -0.4 is 11.1 Å². The van der Waals surface area contributed by atoms with Crippen LogP contribution in [0.2, 0.25) is 0 Å². The van der Waals surface area contributed by atoms with Crippen LogP contribution in [-0.4, -0.2) is 18.5 Å². The van der Waals surface area contributed by atoms with Crippen LogP contribution in [0.5, 0.6) is 0 Å². The summed E-state index contributed by atoms with van der Waals surface area (Å²) in [6, 6.07) is 0.383. The van der Waals surface area contributed by atoms with Crippen molar-refractivity contribution in [3.8, 4) is 0 Å². The summed E-state index contributed by atoms with van der Waals surface area (Å²) in [5.74, 6) is 2.44. The number of rotatable bonds is 7. The van der Waals surface area contributed by atoms with Gasteiger partial charge in [0.25, 0.3) is 0 Å². The lowest BCUT2D eigenvalue weighted by Crippen LogP contribution is -2.44. The maximum absolute atomic E-state index is 12.3. The maximum atomic E-state index is 12.3. The fourth-order valence-electron chi connectivity index (χ4n) is 3.59. The lowest BCUT2D eigenvalue weighted by Gasteiger charge is -2.35. The van der Waals surface area contributed by atoms with Crippen LogP contribution in [-0.2, 0) is 4.79 Å². The van der Waals surface area contributed by atoms with Gasteiger partial charge in [0.1, 0.15) is 0 Å². The summed E-state index contributed by atoms with van der Waals surface area (Å²) in [5, 5.41) is 3.29. The van der Waals surface area contributed by atoms with Crippen LogP contribution in [0.4, 0.5) is 0 Å². The normalized spacial score (nSPS) is 24.9. The van der Waals surface area contributed by atoms with Gasteiger partial charge in [0.05, 0.1) is 0 Å². The first kappa shape index (κ1) is 17.5. The monoisotopic (exact) mass is 282 g/mol. The molecule has 118 valence electrons. The van der Waals surface area contributed by atoms with Gasteiger partial charge >= 0.3 is 0 Å². The standard InChI is InChI=1S/C17H34N2O/c1-12(2)9-14(11-18)10-17(20)19-16-8-6-5-7-15(16)13(3)4/h12-16H,5-11,18H2,1-4H3,(H,19,20)/t14-,15?,16?/m0/s1. The van der Waals surface area contributed by atoms with Crippen molar-refractivity contribution in [2.75, 3.05) is 6.54 Å². The van der Waals surface area contributed by atoms with Crippen molar-refractivity contribution in [3.63, 3.8) is 0 Å². The molecule has 0 aromatic rings. The van der Waals surface area contributed by atoms with Gasteiger partial charge < -0.3 is 11.1 Å². The molecule has 0 bridgehead atoms. The van der Waals surface area contributed by atoms with Crippen LogP contribution in [0.15, 0.2) is 0 Å². The van der Waals surface area contributed by atoms with Gasteiger partial charge in [-0.1, -0.05) is 40.5 Å². The summed E-state index contributed by atoms with van der Waals surface area (Å²) in [4.78, 5) is 12.3. The number of nitrogens with two attached hydrogens (primary N) is 1. The van der Waals surface area contributed by atoms with E-state index in [1.807, 2.05) is 0 Å². The number of carbonyl (C=O) groups excluding carboxylic acids is 1. The average Bonchev–Trinajstić information content (AvgIpc) is 2.37. The molecule has 0 spiro atoms. The van der Waals surface area contributed by atoms with E-state index < -0.39 is 0 Å². The minimum atomic E-state index is 0.207. The molecule has 3 N–H and O–H groups in total. The first-order valence-electron chi connectivity index (χ1n) is 8.43. The lowest BCUT2D eigenvalue weighted by atomic mass is 9.77. The maximum Gasteiger partial charge on any atom is 0.220 e. The zero-order valence-corrected chi connectivity index (χ0v) is 13.8. The van der Waals surface area contributed by atoms with Gasteiger partial charge in [-0.25, -0.2) is 0 Å². The molecule has 1 aliphatic rings. The van der Waals surface area contributed by atoms with E-state index in [1.165, 1.54) is 19.3 Å². The van der Waals surface area contributed by atoms with Crippen LogP contribution >= 0.6 is 0 Å². The molecule has 0 radical (unpaired) electrons. The Morgan fingerprint density at radius 2 is 1.85 bits per heavy atom. The molecule has 0 aliphatic heterocycles. The fourth-order valence-corrected chi connectivity index (χ4v) is 3.59. The van der Waals surface area contributed by atoms with Gasteiger partial charge in [-0.2, -0.15) is 0 Å². The largest absolute Gasteiger partial charge is 0.353 e. The third kappa shape index (κ3) is 5.82. The molecule has 1 saturated carbocycles. The molecule has 1 amide bonds. The van der Waals surface area contributed by atoms with Gasteiger partial charge in [0.2, 0.25) is 5.91 Å². The first-order chi connectivity index (χ1) is 9.43. The highest BCUT2D eigenvalue weighted by molar-refractivity contribution is 5.76. The van der Waals surface area contributed by atoms with Crippen LogP contribution in [0.1, 0.15) is 66.2 Å². The number of carbonyl (C=O) groups is 1. The minimum Gasteiger partial charge on any atom is -0.353 e. The molecule has 20 heavy (non-hydrogen) atoms. The second-order valence-electron chi connectivity index (χ2n) is 7.30. The average molecular weight is 282 g/mol. The van der Waals surface area contributed by atoms with Gasteiger partial charge in [0.15, 0.2) is 0 Å². The zero-order valence-electron chi connectivity index (χ0n) is 13.8. The van der Waals surface area contributed by atoms with E-state index in [2.05, 4.69) is 33.0 Å². The topological polar surface area (TPSA) is 55.1 Å². The van der Waals surface area contributed by atoms with Crippen molar-refractivity contribution in [1.29, 1.82) is 0 Å². The zero-order chi connectivity index (χ0) is 15.1. The summed E-state index contributed by atoms with van der Waals surface area (Å²) in [6.07, 6.45) is 6.60. The highest BCUT2D eigenvalue weighted by atomic mass is 16.1. The molecule has 0 saturated heterocycles. The Morgan fingerprint density at radius 1 is 1.20 bits per heavy atom. The van der Waals surface area contributed by atoms with Crippen molar-refractivity contribution in [2.45, 2.75) is 72.3 Å². The van der Waals surface area contributed by atoms with E-state index in [9.17, 15) is 4.79 Å². The van der Waals surface area contributed by atoms with E-state index >= 15 is 0 Å². The molecule has 1 fully saturated rings. The van der Waals surface area contributed by atoms with Crippen molar-refractivity contribution in [1.82, 2.24) is 5.32 Å². The second kappa shape index (κ2) is 8.66. The van der Waals surface area contributed by atoms with Crippen LogP contribution in [0, 0.1) is 23.7 Å². The number of nitrogens with one attached hydrogen (secondary N) is 1. The lowest BCUT2D eigenvalue weighted by molar-refractivity contribution is -0.123. The molecule has 2 unspecified atom stereocenters. The fraction of sp³-hybridized carbons (Fsp3) is 0.941. The van der Waals surface area contributed by atoms with Gasteiger partial charge in [-0.05, 0) is 49.5 Å². The quantitative estimate of drug-likeness (QED) is 0.752. The molecule has 3 heteroatoms. The third-order valence-corrected chi connectivity index (χ3v) is 4.63. The molecule has 1 aliphatic carbocycles. The molecule has 0 heterocycles. The summed E-state index contributed by atoms with van der Waals surface area (Å²) in [5.41, 5.74) is 5.80. The number of hydrogen-bond acceptors (Lipinski definition) is 2. The first-order valence-corrected chi connectivity index (χ1v) is 8.43. The van der Waals surface area contributed by atoms with E-state index in [0.717, 1.165) is 12.8 Å². The highest BCUT2D eigenvalue weighted by Gasteiger charge is 2.29. The van der Waals surface area contributed by atoms with Crippen molar-refractivity contribution >= 4 is 5.91 Å². The van der Waals surface area contributed by atoms with E-state index in [4.69, 9.17) is 5.73 Å². The Balaban J connectivity index is 2.46. The summed E-state index contributed by atoms with van der Waals surface area (Å²) >= 11 is 0. The molecule has 1 rings (SSSR count). The molecule has 0 aromatic carbocycles. The van der Waals surface area contributed by atoms with Gasteiger partial charge in [-0.15, -0.1) is 0 Å². The summed E-state index contributed by atoms with van der Waals surface area (Å²) in [6.45, 7) is 9.55. The molecular formula is C17H34N2O. The van der Waals surface area contributed by atoms with E-state index in [1.54, 1.807) is 0 Å². The van der Waals surface area contributed by atoms with E-state index in [0.29, 0.717) is 42.7 Å². The Labute approximate surface area is 125 Å². The van der Waals surface area contributed by atoms with Gasteiger partial charge in [0, 0.05) is 12.5 Å². The van der Waals surface area contributed by atoms with Crippen molar-refractivity contribution in [2.24, 2.45) is 29.4 Å². The molecule has 0 aromatic heterocycles. The van der Waals surface area contributed by atoms with Crippen LogP contribution in [0.3, 0.4) is 0 Å². The smallest absolute Gasteiger partial charge is 0.220 e. The predicted molar refractivity (Wildman–Crippen MR) is 85.3 cm³/mol. The summed E-state index contributed by atoms with van der Waals surface area (Å²) in [7, 11) is 0. The number of hydrogen-bond donors (Lipinski definition) is 2. The van der Waals surface area contributed by atoms with Crippen molar-refractivity contribution in [3.05, 3.63) is 0 Å². The Bertz CT molecular complexity index is 289. The highest BCUT2D eigenvalue weighted by Crippen LogP contribution is 2.30. The van der Waals surface area contributed by atoms with Crippen molar-refractivity contribution < 1.29 is 4.79 Å².